The summed E-state index contributed by atoms with van der Waals surface area (Å²) in [6, 6.07) is 0. The Hall–Kier alpha value is 0.480. The summed E-state index contributed by atoms with van der Waals surface area (Å²) >= 11 is 3.46. The van der Waals surface area contributed by atoms with Crippen LogP contribution in [-0.2, 0) is 0 Å². The van der Waals surface area contributed by atoms with Crippen molar-refractivity contribution in [1.29, 1.82) is 0 Å². The summed E-state index contributed by atoms with van der Waals surface area (Å²) in [5.74, 6) is 0.967. The number of hydrogen-bond acceptors (Lipinski definition) is 0. The summed E-state index contributed by atoms with van der Waals surface area (Å²) < 4.78 is 0. The van der Waals surface area contributed by atoms with E-state index >= 15 is 0 Å². The Kier molecular flexibility index (Phi) is 6.95. The molecule has 0 saturated heterocycles. The molecule has 1 heteroatoms. The van der Waals surface area contributed by atoms with Crippen LogP contribution in [0.25, 0.3) is 0 Å². The second kappa shape index (κ2) is 6.60. The molecule has 0 nitrogen and oxygen atoms in total. The minimum Gasteiger partial charge on any atom is -0.0928 e. The van der Waals surface area contributed by atoms with Crippen LogP contribution in [0.4, 0.5) is 0 Å². The molecule has 0 aromatic carbocycles. The highest BCUT2D eigenvalue weighted by atomic mass is 79.9. The molecule has 0 spiro atoms. The lowest BCUT2D eigenvalue weighted by Gasteiger charge is -2.10. The third-order valence-corrected chi connectivity index (χ3v) is 2.25. The van der Waals surface area contributed by atoms with E-state index in [1.807, 2.05) is 0 Å². The summed E-state index contributed by atoms with van der Waals surface area (Å²) in [6.07, 6.45) is 5.44. The van der Waals surface area contributed by atoms with E-state index in [9.17, 15) is 0 Å². The fraction of sp³-hybridized carbons (Fsp3) is 1.00. The molecule has 9 heavy (non-hydrogen) atoms. The molecule has 0 aromatic heterocycles. The van der Waals surface area contributed by atoms with Crippen molar-refractivity contribution in [1.82, 2.24) is 0 Å². The molecule has 0 bridgehead atoms. The highest BCUT2D eigenvalue weighted by Crippen LogP contribution is 2.15. The van der Waals surface area contributed by atoms with E-state index in [2.05, 4.69) is 29.8 Å². The highest BCUT2D eigenvalue weighted by Gasteiger charge is 2.01. The molecule has 0 N–H and O–H groups in total. The Morgan fingerprint density at radius 3 is 2.22 bits per heavy atom. The zero-order valence-electron chi connectivity index (χ0n) is 6.49. The van der Waals surface area contributed by atoms with Gasteiger partial charge in [0.15, 0.2) is 0 Å². The maximum atomic E-state index is 3.46. The van der Waals surface area contributed by atoms with Crippen molar-refractivity contribution < 1.29 is 0 Å². The maximum Gasteiger partial charge on any atom is 0.00339 e. The molecule has 0 amide bonds. The number of rotatable bonds is 5. The molecule has 1 atom stereocenters. The Labute approximate surface area is 67.2 Å². The largest absolute Gasteiger partial charge is 0.0928 e. The van der Waals surface area contributed by atoms with Gasteiger partial charge in [-0.3, -0.25) is 0 Å². The summed E-state index contributed by atoms with van der Waals surface area (Å²) in [5, 5.41) is 1.17. The SMILES string of the molecule is CCC[C@H](CC)CCBr. The fourth-order valence-corrected chi connectivity index (χ4v) is 1.76. The van der Waals surface area contributed by atoms with Gasteiger partial charge in [-0.1, -0.05) is 49.0 Å². The molecule has 0 rings (SSSR count). The lowest BCUT2D eigenvalue weighted by molar-refractivity contribution is 0.455. The standard InChI is InChI=1S/C8H17Br/c1-3-5-8(4-2)6-7-9/h8H,3-7H2,1-2H3/t8-/m0/s1. The first-order valence-corrected chi connectivity index (χ1v) is 5.03. The monoisotopic (exact) mass is 192 g/mol. The van der Waals surface area contributed by atoms with Gasteiger partial charge in [0.05, 0.1) is 0 Å². The maximum absolute atomic E-state index is 3.46. The van der Waals surface area contributed by atoms with Gasteiger partial charge in [-0.25, -0.2) is 0 Å². The molecule has 0 heterocycles. The Morgan fingerprint density at radius 1 is 1.22 bits per heavy atom. The second-order valence-electron chi connectivity index (χ2n) is 2.54. The number of hydrogen-bond donors (Lipinski definition) is 0. The van der Waals surface area contributed by atoms with Gasteiger partial charge in [0, 0.05) is 5.33 Å². The number of halogens is 1. The predicted molar refractivity (Wildman–Crippen MR) is 47.1 cm³/mol. The van der Waals surface area contributed by atoms with Gasteiger partial charge in [0.2, 0.25) is 0 Å². The van der Waals surface area contributed by atoms with Crippen molar-refractivity contribution in [2.75, 3.05) is 5.33 Å². The molecule has 0 aliphatic carbocycles. The Bertz CT molecular complexity index is 46.5. The molecule has 0 fully saturated rings. The van der Waals surface area contributed by atoms with Crippen molar-refractivity contribution in [3.63, 3.8) is 0 Å². The summed E-state index contributed by atoms with van der Waals surface area (Å²) in [4.78, 5) is 0. The summed E-state index contributed by atoms with van der Waals surface area (Å²) in [6.45, 7) is 4.54. The van der Waals surface area contributed by atoms with Crippen LogP contribution < -0.4 is 0 Å². The molecular formula is C8H17Br. The van der Waals surface area contributed by atoms with Crippen molar-refractivity contribution in [2.24, 2.45) is 5.92 Å². The van der Waals surface area contributed by atoms with E-state index in [4.69, 9.17) is 0 Å². The quantitative estimate of drug-likeness (QED) is 0.585. The van der Waals surface area contributed by atoms with Crippen LogP contribution in [-0.4, -0.2) is 5.33 Å². The van der Waals surface area contributed by atoms with Crippen LogP contribution in [0.5, 0.6) is 0 Å². The van der Waals surface area contributed by atoms with Gasteiger partial charge < -0.3 is 0 Å². The van der Waals surface area contributed by atoms with E-state index in [0.29, 0.717) is 0 Å². The first-order chi connectivity index (χ1) is 4.35. The highest BCUT2D eigenvalue weighted by molar-refractivity contribution is 9.09. The lowest BCUT2D eigenvalue weighted by Crippen LogP contribution is -1.97. The van der Waals surface area contributed by atoms with E-state index in [-0.39, 0.29) is 0 Å². The second-order valence-corrected chi connectivity index (χ2v) is 3.33. The van der Waals surface area contributed by atoms with Crippen LogP contribution in [0.15, 0.2) is 0 Å². The smallest absolute Gasteiger partial charge is 0.00339 e. The molecule has 0 unspecified atom stereocenters. The third kappa shape index (κ3) is 4.95. The van der Waals surface area contributed by atoms with E-state index in [1.165, 1.54) is 31.0 Å². The summed E-state index contributed by atoms with van der Waals surface area (Å²) in [5.41, 5.74) is 0. The van der Waals surface area contributed by atoms with E-state index in [1.54, 1.807) is 0 Å². The molecule has 0 aliphatic heterocycles. The molecule has 0 aromatic rings. The van der Waals surface area contributed by atoms with Crippen LogP contribution in [0.1, 0.15) is 39.5 Å². The van der Waals surface area contributed by atoms with Gasteiger partial charge in [-0.2, -0.15) is 0 Å². The topological polar surface area (TPSA) is 0 Å². The lowest BCUT2D eigenvalue weighted by atomic mass is 9.98. The van der Waals surface area contributed by atoms with Gasteiger partial charge in [0.1, 0.15) is 0 Å². The van der Waals surface area contributed by atoms with Crippen LogP contribution >= 0.6 is 15.9 Å². The molecule has 56 valence electrons. The van der Waals surface area contributed by atoms with E-state index < -0.39 is 0 Å². The summed E-state index contributed by atoms with van der Waals surface area (Å²) in [7, 11) is 0. The average Bonchev–Trinajstić information content (AvgIpc) is 1.88. The molecule has 0 aliphatic rings. The van der Waals surface area contributed by atoms with Gasteiger partial charge >= 0.3 is 0 Å². The number of alkyl halides is 1. The molecule has 0 saturated carbocycles. The average molecular weight is 193 g/mol. The Balaban J connectivity index is 3.18. The predicted octanol–water partition coefficient (Wildman–Crippen LogP) is 3.60. The minimum absolute atomic E-state index is 0.967. The van der Waals surface area contributed by atoms with Crippen LogP contribution in [0, 0.1) is 5.92 Å². The first kappa shape index (κ1) is 9.48. The van der Waals surface area contributed by atoms with Crippen molar-refractivity contribution in [3.05, 3.63) is 0 Å². The zero-order chi connectivity index (χ0) is 7.11. The van der Waals surface area contributed by atoms with Crippen molar-refractivity contribution >= 4 is 15.9 Å². The van der Waals surface area contributed by atoms with Crippen LogP contribution in [0.2, 0.25) is 0 Å². The molecular weight excluding hydrogens is 176 g/mol. The minimum atomic E-state index is 0.967. The van der Waals surface area contributed by atoms with E-state index in [0.717, 1.165) is 5.92 Å². The first-order valence-electron chi connectivity index (χ1n) is 3.91. The van der Waals surface area contributed by atoms with Gasteiger partial charge in [-0.15, -0.1) is 0 Å². The zero-order valence-corrected chi connectivity index (χ0v) is 8.08. The van der Waals surface area contributed by atoms with Crippen molar-refractivity contribution in [3.8, 4) is 0 Å². The Morgan fingerprint density at radius 2 is 1.89 bits per heavy atom. The normalized spacial score (nSPS) is 13.7. The third-order valence-electron chi connectivity index (χ3n) is 1.79. The molecule has 0 radical (unpaired) electrons. The fourth-order valence-electron chi connectivity index (χ4n) is 1.12. The van der Waals surface area contributed by atoms with Gasteiger partial charge in [0.25, 0.3) is 0 Å². The van der Waals surface area contributed by atoms with Crippen molar-refractivity contribution in [2.45, 2.75) is 39.5 Å². The van der Waals surface area contributed by atoms with Crippen LogP contribution in [0.3, 0.4) is 0 Å². The van der Waals surface area contributed by atoms with Gasteiger partial charge in [-0.05, 0) is 12.3 Å².